The van der Waals surface area contributed by atoms with E-state index in [1.807, 2.05) is 0 Å². The Balaban J connectivity index is 2.07. The van der Waals surface area contributed by atoms with E-state index in [-0.39, 0.29) is 21.8 Å². The molecule has 1 aliphatic rings. The molecule has 24 heavy (non-hydrogen) atoms. The number of fused-ring (bicyclic) bond motifs is 1. The van der Waals surface area contributed by atoms with Crippen molar-refractivity contribution in [3.8, 4) is 0 Å². The Hall–Kier alpha value is -2.54. The highest BCUT2D eigenvalue weighted by molar-refractivity contribution is 7.92. The first-order chi connectivity index (χ1) is 11.4. The van der Waals surface area contributed by atoms with Gasteiger partial charge >= 0.3 is 5.97 Å². The van der Waals surface area contributed by atoms with Crippen LogP contribution < -0.4 is 10.5 Å². The van der Waals surface area contributed by atoms with E-state index in [2.05, 4.69) is 4.72 Å². The van der Waals surface area contributed by atoms with Crippen LogP contribution in [0.15, 0.2) is 41.3 Å². The average Bonchev–Trinajstić information content (AvgIpc) is 2.54. The van der Waals surface area contributed by atoms with Crippen molar-refractivity contribution in [3.05, 3.63) is 53.1 Å². The fourth-order valence-corrected chi connectivity index (χ4v) is 4.29. The van der Waals surface area contributed by atoms with E-state index >= 15 is 0 Å². The number of sulfonamides is 1. The summed E-state index contributed by atoms with van der Waals surface area (Å²) < 4.78 is 27.5. The van der Waals surface area contributed by atoms with E-state index in [0.29, 0.717) is 6.42 Å². The lowest BCUT2D eigenvalue weighted by molar-refractivity contribution is 0.0696. The summed E-state index contributed by atoms with van der Waals surface area (Å²) in [6.07, 6.45) is 3.36. The summed E-state index contributed by atoms with van der Waals surface area (Å²) in [7, 11) is -3.96. The number of aryl methyl sites for hydroxylation is 1. The monoisotopic (exact) mass is 346 g/mol. The molecule has 0 unspecified atom stereocenters. The maximum Gasteiger partial charge on any atom is 0.338 e. The van der Waals surface area contributed by atoms with Crippen molar-refractivity contribution in [3.63, 3.8) is 0 Å². The van der Waals surface area contributed by atoms with Crippen molar-refractivity contribution in [2.75, 3.05) is 10.5 Å². The molecule has 0 saturated carbocycles. The molecule has 7 heteroatoms. The van der Waals surface area contributed by atoms with Crippen molar-refractivity contribution >= 4 is 27.4 Å². The molecule has 0 aliphatic heterocycles. The normalized spacial score (nSPS) is 14.0. The van der Waals surface area contributed by atoms with E-state index < -0.39 is 16.0 Å². The van der Waals surface area contributed by atoms with Crippen LogP contribution in [0.3, 0.4) is 0 Å². The number of hydrogen-bond donors (Lipinski definition) is 3. The first-order valence-corrected chi connectivity index (χ1v) is 9.14. The van der Waals surface area contributed by atoms with Gasteiger partial charge in [0.05, 0.1) is 16.9 Å². The average molecular weight is 346 g/mol. The summed E-state index contributed by atoms with van der Waals surface area (Å²) in [4.78, 5) is 11.7. The van der Waals surface area contributed by atoms with Gasteiger partial charge in [0.25, 0.3) is 10.0 Å². The third-order valence-electron chi connectivity index (χ3n) is 4.20. The largest absolute Gasteiger partial charge is 0.478 e. The van der Waals surface area contributed by atoms with Gasteiger partial charge in [-0.2, -0.15) is 0 Å². The molecule has 0 saturated heterocycles. The lowest BCUT2D eigenvalue weighted by Gasteiger charge is -2.21. The second kappa shape index (κ2) is 6.16. The molecule has 0 heterocycles. The van der Waals surface area contributed by atoms with E-state index in [1.165, 1.54) is 18.2 Å². The molecule has 6 nitrogen and oxygen atoms in total. The number of aromatic carboxylic acids is 1. The number of carboxylic acids is 1. The number of anilines is 2. The first kappa shape index (κ1) is 16.3. The Labute approximate surface area is 140 Å². The molecule has 1 aliphatic carbocycles. The molecule has 2 aromatic carbocycles. The predicted octanol–water partition coefficient (Wildman–Crippen LogP) is 2.65. The molecule has 126 valence electrons. The number of benzene rings is 2. The minimum atomic E-state index is -3.96. The van der Waals surface area contributed by atoms with Crippen LogP contribution >= 0.6 is 0 Å². The summed E-state index contributed by atoms with van der Waals surface area (Å²) >= 11 is 0. The van der Waals surface area contributed by atoms with Crippen LogP contribution in [0.4, 0.5) is 11.4 Å². The third kappa shape index (κ3) is 2.94. The number of nitrogens with two attached hydrogens (primary N) is 1. The first-order valence-electron chi connectivity index (χ1n) is 7.65. The van der Waals surface area contributed by atoms with Gasteiger partial charge in [-0.3, -0.25) is 4.72 Å². The molecule has 0 atom stereocenters. The molecule has 0 amide bonds. The quantitative estimate of drug-likeness (QED) is 0.737. The van der Waals surface area contributed by atoms with Crippen LogP contribution in [-0.4, -0.2) is 19.5 Å². The van der Waals surface area contributed by atoms with Crippen LogP contribution in [0.5, 0.6) is 0 Å². The van der Waals surface area contributed by atoms with Crippen molar-refractivity contribution in [2.45, 2.75) is 30.6 Å². The minimum absolute atomic E-state index is 0.0327. The van der Waals surface area contributed by atoms with Gasteiger partial charge in [0.15, 0.2) is 0 Å². The Morgan fingerprint density at radius 3 is 2.50 bits per heavy atom. The molecule has 0 radical (unpaired) electrons. The van der Waals surface area contributed by atoms with Crippen LogP contribution in [0.25, 0.3) is 0 Å². The minimum Gasteiger partial charge on any atom is -0.478 e. The SMILES string of the molecule is Nc1ccccc1S(=O)(=O)Nc1ccc2c(c1C(=O)O)CCCC2. The van der Waals surface area contributed by atoms with E-state index in [1.54, 1.807) is 18.2 Å². The molecule has 0 fully saturated rings. The Morgan fingerprint density at radius 2 is 1.79 bits per heavy atom. The molecule has 0 aromatic heterocycles. The summed E-state index contributed by atoms with van der Waals surface area (Å²) in [6, 6.07) is 9.39. The van der Waals surface area contributed by atoms with E-state index in [9.17, 15) is 18.3 Å². The number of nitrogens with one attached hydrogen (secondary N) is 1. The maximum atomic E-state index is 12.6. The lowest BCUT2D eigenvalue weighted by Crippen LogP contribution is -2.19. The highest BCUT2D eigenvalue weighted by Crippen LogP contribution is 2.31. The van der Waals surface area contributed by atoms with Gasteiger partial charge in [-0.05, 0) is 55.0 Å². The van der Waals surface area contributed by atoms with Crippen molar-refractivity contribution in [1.82, 2.24) is 0 Å². The van der Waals surface area contributed by atoms with Crippen LogP contribution in [-0.2, 0) is 22.9 Å². The molecule has 4 N–H and O–H groups in total. The van der Waals surface area contributed by atoms with Crippen molar-refractivity contribution in [2.24, 2.45) is 0 Å². The van der Waals surface area contributed by atoms with Crippen LogP contribution in [0.1, 0.15) is 34.3 Å². The topological polar surface area (TPSA) is 109 Å². The van der Waals surface area contributed by atoms with E-state index in [4.69, 9.17) is 5.73 Å². The number of hydrogen-bond acceptors (Lipinski definition) is 4. The van der Waals surface area contributed by atoms with Gasteiger partial charge in [0, 0.05) is 0 Å². The number of rotatable bonds is 4. The van der Waals surface area contributed by atoms with Gasteiger partial charge in [-0.15, -0.1) is 0 Å². The number of carbonyl (C=O) groups is 1. The summed E-state index contributed by atoms with van der Waals surface area (Å²) in [5.74, 6) is -1.13. The second-order valence-corrected chi connectivity index (χ2v) is 7.43. The fourth-order valence-electron chi connectivity index (χ4n) is 3.08. The Kier molecular flexibility index (Phi) is 4.19. The lowest BCUT2D eigenvalue weighted by atomic mass is 9.87. The van der Waals surface area contributed by atoms with Gasteiger partial charge in [0.1, 0.15) is 4.90 Å². The van der Waals surface area contributed by atoms with Gasteiger partial charge < -0.3 is 10.8 Å². The second-order valence-electron chi connectivity index (χ2n) is 5.78. The highest BCUT2D eigenvalue weighted by atomic mass is 32.2. The molecule has 0 spiro atoms. The summed E-state index contributed by atoms with van der Waals surface area (Å²) in [6.45, 7) is 0. The summed E-state index contributed by atoms with van der Waals surface area (Å²) in [5.41, 5.74) is 7.64. The van der Waals surface area contributed by atoms with Gasteiger partial charge in [-0.25, -0.2) is 13.2 Å². The van der Waals surface area contributed by atoms with Crippen LogP contribution in [0.2, 0.25) is 0 Å². The molecular formula is C17H18N2O4S. The zero-order chi connectivity index (χ0) is 17.3. The number of carboxylic acid groups (broad SMARTS) is 1. The maximum absolute atomic E-state index is 12.6. The molecule has 3 rings (SSSR count). The predicted molar refractivity (Wildman–Crippen MR) is 91.7 cm³/mol. The molecule has 2 aromatic rings. The number of para-hydroxylation sites is 1. The van der Waals surface area contributed by atoms with Crippen molar-refractivity contribution < 1.29 is 18.3 Å². The smallest absolute Gasteiger partial charge is 0.338 e. The highest BCUT2D eigenvalue weighted by Gasteiger charge is 2.25. The zero-order valence-electron chi connectivity index (χ0n) is 13.0. The van der Waals surface area contributed by atoms with Gasteiger partial charge in [-0.1, -0.05) is 18.2 Å². The number of nitrogen functional groups attached to an aromatic ring is 1. The molecule has 0 bridgehead atoms. The third-order valence-corrected chi connectivity index (χ3v) is 5.64. The summed E-state index contributed by atoms with van der Waals surface area (Å²) in [5, 5.41) is 9.58. The fraction of sp³-hybridized carbons (Fsp3) is 0.235. The van der Waals surface area contributed by atoms with Crippen LogP contribution in [0, 0.1) is 0 Å². The standard InChI is InChI=1S/C17H18N2O4S/c18-13-7-3-4-8-15(13)24(22,23)19-14-10-9-11-5-1-2-6-12(11)16(14)17(20)21/h3-4,7-10,19H,1-2,5-6,18H2,(H,20,21). The van der Waals surface area contributed by atoms with E-state index in [0.717, 1.165) is 30.4 Å². The Bertz CT molecular complexity index is 907. The Morgan fingerprint density at radius 1 is 1.08 bits per heavy atom. The van der Waals surface area contributed by atoms with Crippen molar-refractivity contribution in [1.29, 1.82) is 0 Å². The zero-order valence-corrected chi connectivity index (χ0v) is 13.8. The molecular weight excluding hydrogens is 328 g/mol. The van der Waals surface area contributed by atoms with Gasteiger partial charge in [0.2, 0.25) is 0 Å².